The molecule has 1 aromatic heterocycles. The van der Waals surface area contributed by atoms with Crippen LogP contribution in [0.2, 0.25) is 0 Å². The van der Waals surface area contributed by atoms with Crippen molar-refractivity contribution in [3.63, 3.8) is 0 Å². The molecule has 0 saturated carbocycles. The summed E-state index contributed by atoms with van der Waals surface area (Å²) < 4.78 is 15.9. The van der Waals surface area contributed by atoms with Crippen molar-refractivity contribution in [2.24, 2.45) is 0 Å². The molecule has 0 aliphatic rings. The van der Waals surface area contributed by atoms with Crippen LogP contribution in [0.5, 0.6) is 11.5 Å². The molecule has 1 heterocycles. The third kappa shape index (κ3) is 4.14. The SMILES string of the molecule is CCN(CC(=O)N(C)C)C(=O)c1cc(-c2cc(OC)ccc2OC)on1. The van der Waals surface area contributed by atoms with Gasteiger partial charge < -0.3 is 23.8 Å². The maximum absolute atomic E-state index is 12.6. The molecule has 0 atom stereocenters. The lowest BCUT2D eigenvalue weighted by Crippen LogP contribution is -2.40. The normalized spacial score (nSPS) is 10.3. The first-order chi connectivity index (χ1) is 12.4. The highest BCUT2D eigenvalue weighted by atomic mass is 16.5. The molecule has 8 nitrogen and oxygen atoms in total. The molecule has 0 spiro atoms. The van der Waals surface area contributed by atoms with Gasteiger partial charge in [-0.25, -0.2) is 0 Å². The first-order valence-electron chi connectivity index (χ1n) is 8.09. The van der Waals surface area contributed by atoms with Crippen LogP contribution in [0.4, 0.5) is 0 Å². The van der Waals surface area contributed by atoms with E-state index >= 15 is 0 Å². The number of ether oxygens (including phenoxy) is 2. The van der Waals surface area contributed by atoms with Crippen LogP contribution in [0.3, 0.4) is 0 Å². The van der Waals surface area contributed by atoms with Crippen molar-refractivity contribution in [2.45, 2.75) is 6.92 Å². The third-order valence-corrected chi connectivity index (χ3v) is 3.90. The summed E-state index contributed by atoms with van der Waals surface area (Å²) in [7, 11) is 6.38. The Bertz CT molecular complexity index is 785. The van der Waals surface area contributed by atoms with Gasteiger partial charge >= 0.3 is 0 Å². The highest BCUT2D eigenvalue weighted by Gasteiger charge is 2.23. The van der Waals surface area contributed by atoms with Crippen LogP contribution >= 0.6 is 0 Å². The number of amides is 2. The number of carbonyl (C=O) groups is 2. The molecular formula is C18H23N3O5. The van der Waals surface area contributed by atoms with E-state index in [9.17, 15) is 9.59 Å². The smallest absolute Gasteiger partial charge is 0.276 e. The zero-order chi connectivity index (χ0) is 19.3. The van der Waals surface area contributed by atoms with Crippen LogP contribution in [0.25, 0.3) is 11.3 Å². The van der Waals surface area contributed by atoms with E-state index in [1.54, 1.807) is 53.4 Å². The van der Waals surface area contributed by atoms with Crippen LogP contribution < -0.4 is 9.47 Å². The Labute approximate surface area is 152 Å². The van der Waals surface area contributed by atoms with Crippen molar-refractivity contribution in [1.29, 1.82) is 0 Å². The zero-order valence-corrected chi connectivity index (χ0v) is 15.6. The molecule has 26 heavy (non-hydrogen) atoms. The van der Waals surface area contributed by atoms with E-state index in [1.807, 2.05) is 0 Å². The topological polar surface area (TPSA) is 85.1 Å². The number of likely N-dealkylation sites (N-methyl/N-ethyl adjacent to an activating group) is 2. The lowest BCUT2D eigenvalue weighted by molar-refractivity contribution is -0.129. The quantitative estimate of drug-likeness (QED) is 0.749. The van der Waals surface area contributed by atoms with Gasteiger partial charge in [0.1, 0.15) is 18.0 Å². The first kappa shape index (κ1) is 19.3. The summed E-state index contributed by atoms with van der Waals surface area (Å²) in [6.07, 6.45) is 0. The van der Waals surface area contributed by atoms with E-state index in [2.05, 4.69) is 5.16 Å². The minimum atomic E-state index is -0.375. The fraction of sp³-hybridized carbons (Fsp3) is 0.389. The van der Waals surface area contributed by atoms with E-state index in [0.29, 0.717) is 29.4 Å². The third-order valence-electron chi connectivity index (χ3n) is 3.90. The van der Waals surface area contributed by atoms with Gasteiger partial charge in [0.05, 0.1) is 19.8 Å². The maximum atomic E-state index is 12.6. The van der Waals surface area contributed by atoms with E-state index in [4.69, 9.17) is 14.0 Å². The molecule has 1 aromatic carbocycles. The molecule has 0 bridgehead atoms. The summed E-state index contributed by atoms with van der Waals surface area (Å²) in [6, 6.07) is 6.77. The molecule has 0 fully saturated rings. The monoisotopic (exact) mass is 361 g/mol. The van der Waals surface area contributed by atoms with Gasteiger partial charge in [-0.3, -0.25) is 9.59 Å². The van der Waals surface area contributed by atoms with Crippen LogP contribution in [-0.4, -0.2) is 68.2 Å². The Kier molecular flexibility index (Phi) is 6.21. The summed E-state index contributed by atoms with van der Waals surface area (Å²) >= 11 is 0. The maximum Gasteiger partial charge on any atom is 0.276 e. The molecule has 0 N–H and O–H groups in total. The number of methoxy groups -OCH3 is 2. The van der Waals surface area contributed by atoms with Crippen LogP contribution in [0.1, 0.15) is 17.4 Å². The van der Waals surface area contributed by atoms with Crippen LogP contribution in [-0.2, 0) is 4.79 Å². The van der Waals surface area contributed by atoms with Crippen molar-refractivity contribution in [1.82, 2.24) is 15.0 Å². The molecular weight excluding hydrogens is 338 g/mol. The molecule has 0 radical (unpaired) electrons. The number of aromatic nitrogens is 1. The molecule has 8 heteroatoms. The van der Waals surface area contributed by atoms with Gasteiger partial charge in [-0.15, -0.1) is 0 Å². The fourth-order valence-corrected chi connectivity index (χ4v) is 2.30. The van der Waals surface area contributed by atoms with Gasteiger partial charge in [0, 0.05) is 26.7 Å². The van der Waals surface area contributed by atoms with Crippen molar-refractivity contribution in [2.75, 3.05) is 41.4 Å². The predicted octanol–water partition coefficient (Wildman–Crippen LogP) is 1.91. The lowest BCUT2D eigenvalue weighted by atomic mass is 10.1. The van der Waals surface area contributed by atoms with Crippen molar-refractivity contribution < 1.29 is 23.6 Å². The molecule has 2 rings (SSSR count). The van der Waals surface area contributed by atoms with E-state index in [1.165, 1.54) is 15.9 Å². The summed E-state index contributed by atoms with van der Waals surface area (Å²) in [5.74, 6) is 1.02. The molecule has 0 aliphatic heterocycles. The molecule has 140 valence electrons. The molecule has 0 saturated heterocycles. The van der Waals surface area contributed by atoms with E-state index in [0.717, 1.165) is 0 Å². The minimum Gasteiger partial charge on any atom is -0.497 e. The Balaban J connectivity index is 2.29. The van der Waals surface area contributed by atoms with Crippen LogP contribution in [0.15, 0.2) is 28.8 Å². The van der Waals surface area contributed by atoms with Gasteiger partial charge in [-0.05, 0) is 25.1 Å². The average molecular weight is 361 g/mol. The Morgan fingerprint density at radius 3 is 2.46 bits per heavy atom. The van der Waals surface area contributed by atoms with Gasteiger partial charge in [0.15, 0.2) is 11.5 Å². The first-order valence-corrected chi connectivity index (χ1v) is 8.09. The van der Waals surface area contributed by atoms with Crippen LogP contribution in [0, 0.1) is 0 Å². The molecule has 0 unspecified atom stereocenters. The van der Waals surface area contributed by atoms with Gasteiger partial charge in [0.2, 0.25) is 5.91 Å². The van der Waals surface area contributed by atoms with Crippen molar-refractivity contribution in [3.05, 3.63) is 30.0 Å². The second-order valence-electron chi connectivity index (χ2n) is 5.75. The number of benzene rings is 1. The number of carbonyl (C=O) groups excluding carboxylic acids is 2. The number of hydrogen-bond donors (Lipinski definition) is 0. The van der Waals surface area contributed by atoms with Gasteiger partial charge in [-0.1, -0.05) is 5.16 Å². The number of nitrogens with zero attached hydrogens (tertiary/aromatic N) is 3. The Morgan fingerprint density at radius 1 is 1.15 bits per heavy atom. The van der Waals surface area contributed by atoms with Crippen molar-refractivity contribution in [3.8, 4) is 22.8 Å². The Morgan fingerprint density at radius 2 is 1.88 bits per heavy atom. The second kappa shape index (κ2) is 8.37. The number of hydrogen-bond acceptors (Lipinski definition) is 6. The molecule has 0 aliphatic carbocycles. The van der Waals surface area contributed by atoms with E-state index in [-0.39, 0.29) is 24.1 Å². The summed E-state index contributed by atoms with van der Waals surface area (Å²) in [6.45, 7) is 2.16. The van der Waals surface area contributed by atoms with Gasteiger partial charge in [0.25, 0.3) is 5.91 Å². The number of rotatable bonds is 7. The zero-order valence-electron chi connectivity index (χ0n) is 15.6. The second-order valence-corrected chi connectivity index (χ2v) is 5.75. The summed E-state index contributed by atoms with van der Waals surface area (Å²) in [4.78, 5) is 27.4. The largest absolute Gasteiger partial charge is 0.497 e. The standard InChI is InChI=1S/C18H23N3O5/c1-6-21(11-17(22)20(2)3)18(23)14-10-16(26-19-14)13-9-12(24-4)7-8-15(13)25-5/h7-10H,6,11H2,1-5H3. The lowest BCUT2D eigenvalue weighted by Gasteiger charge is -2.21. The molecule has 2 amide bonds. The highest BCUT2D eigenvalue weighted by molar-refractivity contribution is 5.95. The molecule has 2 aromatic rings. The summed E-state index contributed by atoms with van der Waals surface area (Å²) in [5, 5.41) is 3.86. The fourth-order valence-electron chi connectivity index (χ4n) is 2.30. The predicted molar refractivity (Wildman–Crippen MR) is 95.3 cm³/mol. The average Bonchev–Trinajstić information content (AvgIpc) is 3.14. The highest BCUT2D eigenvalue weighted by Crippen LogP contribution is 2.33. The van der Waals surface area contributed by atoms with E-state index < -0.39 is 0 Å². The Hall–Kier alpha value is -3.03. The van der Waals surface area contributed by atoms with Crippen molar-refractivity contribution >= 4 is 11.8 Å². The minimum absolute atomic E-state index is 0.0208. The van der Waals surface area contributed by atoms with Gasteiger partial charge in [-0.2, -0.15) is 0 Å². The summed E-state index contributed by atoms with van der Waals surface area (Å²) in [5.41, 5.74) is 0.740.